The molecule has 4 nitrogen and oxygen atoms in total. The van der Waals surface area contributed by atoms with Crippen molar-refractivity contribution in [3.05, 3.63) is 60.2 Å². The van der Waals surface area contributed by atoms with Crippen LogP contribution in [0.5, 0.6) is 5.75 Å². The molecule has 20 heavy (non-hydrogen) atoms. The minimum atomic E-state index is -0.343. The highest BCUT2D eigenvalue weighted by Gasteiger charge is 2.06. The van der Waals surface area contributed by atoms with Gasteiger partial charge in [0.05, 0.1) is 5.56 Å². The largest absolute Gasteiger partial charge is 0.490 e. The Morgan fingerprint density at radius 2 is 1.70 bits per heavy atom. The summed E-state index contributed by atoms with van der Waals surface area (Å²) in [5.74, 6) is 0.422. The van der Waals surface area contributed by atoms with E-state index in [4.69, 9.17) is 9.47 Å². The Hall–Kier alpha value is -2.49. The van der Waals surface area contributed by atoms with Crippen LogP contribution >= 0.6 is 0 Å². The summed E-state index contributed by atoms with van der Waals surface area (Å²) in [6.45, 7) is 0.561. The molecule has 0 unspecified atom stereocenters. The summed E-state index contributed by atoms with van der Waals surface area (Å²) in [5, 5.41) is 2.99. The van der Waals surface area contributed by atoms with Gasteiger partial charge in [0.15, 0.2) is 0 Å². The number of para-hydroxylation sites is 1. The van der Waals surface area contributed by atoms with E-state index in [1.54, 1.807) is 12.1 Å². The van der Waals surface area contributed by atoms with Crippen LogP contribution in [0.25, 0.3) is 0 Å². The lowest BCUT2D eigenvalue weighted by Crippen LogP contribution is -2.12. The first-order valence-corrected chi connectivity index (χ1v) is 6.42. The van der Waals surface area contributed by atoms with Gasteiger partial charge in [0.1, 0.15) is 19.0 Å². The van der Waals surface area contributed by atoms with Gasteiger partial charge in [-0.05, 0) is 36.4 Å². The highest BCUT2D eigenvalue weighted by molar-refractivity contribution is 5.89. The van der Waals surface area contributed by atoms with E-state index in [-0.39, 0.29) is 12.6 Å². The third-order valence-electron chi connectivity index (χ3n) is 2.74. The molecule has 0 heterocycles. The van der Waals surface area contributed by atoms with E-state index < -0.39 is 0 Å². The van der Waals surface area contributed by atoms with Crippen molar-refractivity contribution in [2.24, 2.45) is 0 Å². The lowest BCUT2D eigenvalue weighted by molar-refractivity contribution is 0.0450. The van der Waals surface area contributed by atoms with Gasteiger partial charge in [-0.15, -0.1) is 0 Å². The van der Waals surface area contributed by atoms with E-state index >= 15 is 0 Å². The molecular formula is C16H17NO3. The van der Waals surface area contributed by atoms with Gasteiger partial charge in [0.25, 0.3) is 0 Å². The Labute approximate surface area is 118 Å². The Morgan fingerprint density at radius 1 is 1.00 bits per heavy atom. The monoisotopic (exact) mass is 271 g/mol. The summed E-state index contributed by atoms with van der Waals surface area (Å²) in [5.41, 5.74) is 1.48. The highest BCUT2D eigenvalue weighted by atomic mass is 16.6. The standard InChI is InChI=1S/C16H17NO3/c1-17-14-9-7-13(8-10-14)16(18)20-12-11-19-15-5-3-2-4-6-15/h2-10,17H,11-12H2,1H3. The molecule has 0 aromatic heterocycles. The molecule has 0 saturated carbocycles. The summed E-state index contributed by atoms with van der Waals surface area (Å²) >= 11 is 0. The fourth-order valence-electron chi connectivity index (χ4n) is 1.67. The molecule has 0 aliphatic rings. The first kappa shape index (κ1) is 13.9. The van der Waals surface area contributed by atoms with E-state index in [9.17, 15) is 4.79 Å². The quantitative estimate of drug-likeness (QED) is 0.648. The van der Waals surface area contributed by atoms with Crippen LogP contribution < -0.4 is 10.1 Å². The fourth-order valence-corrected chi connectivity index (χ4v) is 1.67. The van der Waals surface area contributed by atoms with Crippen LogP contribution in [-0.4, -0.2) is 26.2 Å². The molecule has 0 radical (unpaired) electrons. The van der Waals surface area contributed by atoms with Crippen LogP contribution in [-0.2, 0) is 4.74 Å². The lowest BCUT2D eigenvalue weighted by atomic mass is 10.2. The van der Waals surface area contributed by atoms with Gasteiger partial charge in [-0.3, -0.25) is 0 Å². The van der Waals surface area contributed by atoms with Crippen LogP contribution in [0.15, 0.2) is 54.6 Å². The summed E-state index contributed by atoms with van der Waals surface area (Å²) in [7, 11) is 1.83. The number of carbonyl (C=O) groups excluding carboxylic acids is 1. The van der Waals surface area contributed by atoms with Crippen molar-refractivity contribution >= 4 is 11.7 Å². The zero-order valence-corrected chi connectivity index (χ0v) is 11.3. The van der Waals surface area contributed by atoms with Gasteiger partial charge in [-0.2, -0.15) is 0 Å². The van der Waals surface area contributed by atoms with E-state index in [1.807, 2.05) is 49.5 Å². The van der Waals surface area contributed by atoms with Crippen LogP contribution in [0.2, 0.25) is 0 Å². The summed E-state index contributed by atoms with van der Waals surface area (Å²) in [6.07, 6.45) is 0. The maximum Gasteiger partial charge on any atom is 0.338 e. The Bertz CT molecular complexity index is 537. The van der Waals surface area contributed by atoms with Gasteiger partial charge in [0.2, 0.25) is 0 Å². The molecule has 2 rings (SSSR count). The van der Waals surface area contributed by atoms with Gasteiger partial charge >= 0.3 is 5.97 Å². The third-order valence-corrected chi connectivity index (χ3v) is 2.74. The van der Waals surface area contributed by atoms with Crippen molar-refractivity contribution in [2.75, 3.05) is 25.6 Å². The highest BCUT2D eigenvalue weighted by Crippen LogP contribution is 2.10. The minimum absolute atomic E-state index is 0.224. The van der Waals surface area contributed by atoms with Crippen molar-refractivity contribution in [2.45, 2.75) is 0 Å². The predicted octanol–water partition coefficient (Wildman–Crippen LogP) is 2.96. The molecule has 2 aromatic rings. The normalized spacial score (nSPS) is 9.85. The zero-order chi connectivity index (χ0) is 14.2. The van der Waals surface area contributed by atoms with Gasteiger partial charge < -0.3 is 14.8 Å². The van der Waals surface area contributed by atoms with Crippen molar-refractivity contribution in [3.8, 4) is 5.75 Å². The summed E-state index contributed by atoms with van der Waals surface area (Å²) < 4.78 is 10.6. The smallest absolute Gasteiger partial charge is 0.338 e. The first-order chi connectivity index (χ1) is 9.79. The lowest BCUT2D eigenvalue weighted by Gasteiger charge is -2.07. The molecule has 0 amide bonds. The number of hydrogen-bond donors (Lipinski definition) is 1. The molecule has 0 aliphatic heterocycles. The molecule has 0 bridgehead atoms. The third kappa shape index (κ3) is 4.02. The van der Waals surface area contributed by atoms with Crippen molar-refractivity contribution in [1.29, 1.82) is 0 Å². The van der Waals surface area contributed by atoms with Crippen LogP contribution in [0.1, 0.15) is 10.4 Å². The zero-order valence-electron chi connectivity index (χ0n) is 11.3. The van der Waals surface area contributed by atoms with Crippen molar-refractivity contribution in [3.63, 3.8) is 0 Å². The van der Waals surface area contributed by atoms with Crippen molar-refractivity contribution < 1.29 is 14.3 Å². The van der Waals surface area contributed by atoms with E-state index in [0.717, 1.165) is 11.4 Å². The van der Waals surface area contributed by atoms with Crippen molar-refractivity contribution in [1.82, 2.24) is 0 Å². The van der Waals surface area contributed by atoms with Crippen LogP contribution in [0.3, 0.4) is 0 Å². The number of ether oxygens (including phenoxy) is 2. The second-order valence-corrected chi connectivity index (χ2v) is 4.12. The molecule has 0 saturated heterocycles. The van der Waals surface area contributed by atoms with E-state index in [1.165, 1.54) is 0 Å². The molecule has 104 valence electrons. The second kappa shape index (κ2) is 7.19. The molecule has 0 atom stereocenters. The molecule has 0 spiro atoms. The SMILES string of the molecule is CNc1ccc(C(=O)OCCOc2ccccc2)cc1. The topological polar surface area (TPSA) is 47.6 Å². The summed E-state index contributed by atoms with van der Waals surface area (Å²) in [4.78, 5) is 11.8. The molecule has 0 fully saturated rings. The number of carbonyl (C=O) groups is 1. The van der Waals surface area contributed by atoms with Gasteiger partial charge in [-0.1, -0.05) is 18.2 Å². The number of benzene rings is 2. The predicted molar refractivity (Wildman–Crippen MR) is 78.2 cm³/mol. The van der Waals surface area contributed by atoms with Gasteiger partial charge in [0, 0.05) is 12.7 Å². The van der Waals surface area contributed by atoms with Crippen LogP contribution in [0.4, 0.5) is 5.69 Å². The Kier molecular flexibility index (Phi) is 5.00. The minimum Gasteiger partial charge on any atom is -0.490 e. The molecule has 2 aromatic carbocycles. The molecular weight excluding hydrogens is 254 g/mol. The Morgan fingerprint density at radius 3 is 2.35 bits per heavy atom. The van der Waals surface area contributed by atoms with E-state index in [2.05, 4.69) is 5.32 Å². The van der Waals surface area contributed by atoms with Gasteiger partial charge in [-0.25, -0.2) is 4.79 Å². The maximum absolute atomic E-state index is 11.8. The number of esters is 1. The number of rotatable bonds is 6. The van der Waals surface area contributed by atoms with Crippen LogP contribution in [0, 0.1) is 0 Å². The maximum atomic E-state index is 11.8. The number of anilines is 1. The average molecular weight is 271 g/mol. The molecule has 1 N–H and O–H groups in total. The first-order valence-electron chi connectivity index (χ1n) is 6.42. The molecule has 4 heteroatoms. The average Bonchev–Trinajstić information content (AvgIpc) is 2.52. The number of nitrogens with one attached hydrogen (secondary N) is 1. The second-order valence-electron chi connectivity index (χ2n) is 4.12. The number of hydrogen-bond acceptors (Lipinski definition) is 4. The fraction of sp³-hybridized carbons (Fsp3) is 0.188. The van der Waals surface area contributed by atoms with E-state index in [0.29, 0.717) is 12.2 Å². The molecule has 0 aliphatic carbocycles. The Balaban J connectivity index is 1.74. The summed E-state index contributed by atoms with van der Waals surface area (Å²) in [6, 6.07) is 16.5.